The van der Waals surface area contributed by atoms with Gasteiger partial charge in [-0.1, -0.05) is 18.1 Å². The van der Waals surface area contributed by atoms with Gasteiger partial charge in [0.1, 0.15) is 23.9 Å². The van der Waals surface area contributed by atoms with Crippen LogP contribution in [0.2, 0.25) is 0 Å². The van der Waals surface area contributed by atoms with Crippen molar-refractivity contribution in [2.75, 3.05) is 0 Å². The molecule has 9 heteroatoms. The Morgan fingerprint density at radius 3 is 3.04 bits per heavy atom. The number of nitrogens with zero attached hydrogens (tertiary/aromatic N) is 3. The van der Waals surface area contributed by atoms with Crippen LogP contribution in [0.15, 0.2) is 34.9 Å². The molecule has 0 spiro atoms. The molecule has 0 radical (unpaired) electrons. The van der Waals surface area contributed by atoms with Gasteiger partial charge in [0.25, 0.3) is 5.91 Å². The fourth-order valence-corrected chi connectivity index (χ4v) is 2.03. The summed E-state index contributed by atoms with van der Waals surface area (Å²) in [6, 6.07) is 7.36. The predicted octanol–water partition coefficient (Wildman–Crippen LogP) is 2.00. The first-order valence-corrected chi connectivity index (χ1v) is 7.66. The second-order valence-electron chi connectivity index (χ2n) is 5.17. The normalized spacial score (nSPS) is 10.6. The summed E-state index contributed by atoms with van der Waals surface area (Å²) < 4.78 is 23.5. The van der Waals surface area contributed by atoms with E-state index in [-0.39, 0.29) is 30.6 Å². The van der Waals surface area contributed by atoms with Crippen LogP contribution in [0.3, 0.4) is 0 Å². The Morgan fingerprint density at radius 1 is 1.40 bits per heavy atom. The summed E-state index contributed by atoms with van der Waals surface area (Å²) in [5, 5.41) is 13.0. The Morgan fingerprint density at radius 2 is 2.28 bits per heavy atom. The lowest BCUT2D eigenvalue weighted by molar-refractivity contribution is 0.0944. The molecule has 3 aromatic rings. The monoisotopic (exact) mass is 345 g/mol. The van der Waals surface area contributed by atoms with Crippen molar-refractivity contribution in [2.24, 2.45) is 0 Å². The molecule has 8 nitrogen and oxygen atoms in total. The SMILES string of the molecule is CCc1nc(CNC(=O)c2cc(COc3cccc(F)c3)[nH]n2)no1. The van der Waals surface area contributed by atoms with Gasteiger partial charge in [-0.3, -0.25) is 9.89 Å². The molecule has 0 aliphatic carbocycles. The first-order chi connectivity index (χ1) is 12.1. The molecule has 0 saturated heterocycles. The van der Waals surface area contributed by atoms with E-state index < -0.39 is 0 Å². The summed E-state index contributed by atoms with van der Waals surface area (Å²) >= 11 is 0. The molecule has 0 bridgehead atoms. The van der Waals surface area contributed by atoms with Crippen LogP contribution < -0.4 is 10.1 Å². The number of amides is 1. The van der Waals surface area contributed by atoms with Crippen LogP contribution in [0.5, 0.6) is 5.75 Å². The second kappa shape index (κ2) is 7.56. The fraction of sp³-hybridized carbons (Fsp3) is 0.250. The number of aryl methyl sites for hydroxylation is 1. The predicted molar refractivity (Wildman–Crippen MR) is 84.2 cm³/mol. The first-order valence-electron chi connectivity index (χ1n) is 7.66. The lowest BCUT2D eigenvalue weighted by Crippen LogP contribution is -2.23. The Balaban J connectivity index is 1.52. The van der Waals surface area contributed by atoms with Crippen LogP contribution >= 0.6 is 0 Å². The number of carbonyl (C=O) groups excluding carboxylic acids is 1. The van der Waals surface area contributed by atoms with E-state index in [0.29, 0.717) is 29.6 Å². The van der Waals surface area contributed by atoms with Crippen molar-refractivity contribution in [3.63, 3.8) is 0 Å². The highest BCUT2D eigenvalue weighted by atomic mass is 19.1. The third-order valence-electron chi connectivity index (χ3n) is 3.27. The van der Waals surface area contributed by atoms with E-state index in [1.165, 1.54) is 12.1 Å². The van der Waals surface area contributed by atoms with Gasteiger partial charge in [-0.2, -0.15) is 10.1 Å². The smallest absolute Gasteiger partial charge is 0.272 e. The first kappa shape index (κ1) is 16.6. The molecule has 2 N–H and O–H groups in total. The van der Waals surface area contributed by atoms with E-state index >= 15 is 0 Å². The van der Waals surface area contributed by atoms with Crippen LogP contribution in [-0.4, -0.2) is 26.2 Å². The zero-order valence-electron chi connectivity index (χ0n) is 13.5. The highest BCUT2D eigenvalue weighted by molar-refractivity contribution is 5.92. The molecule has 2 heterocycles. The minimum absolute atomic E-state index is 0.133. The summed E-state index contributed by atoms with van der Waals surface area (Å²) in [4.78, 5) is 16.2. The molecule has 0 saturated carbocycles. The molecule has 0 aliphatic rings. The summed E-state index contributed by atoms with van der Waals surface area (Å²) in [5.41, 5.74) is 0.791. The van der Waals surface area contributed by atoms with E-state index in [1.54, 1.807) is 18.2 Å². The Kier molecular flexibility index (Phi) is 5.03. The average molecular weight is 345 g/mol. The number of aromatic nitrogens is 4. The van der Waals surface area contributed by atoms with E-state index in [9.17, 15) is 9.18 Å². The topological polar surface area (TPSA) is 106 Å². The van der Waals surface area contributed by atoms with Crippen molar-refractivity contribution in [1.29, 1.82) is 0 Å². The maximum Gasteiger partial charge on any atom is 0.272 e. The molecule has 0 unspecified atom stereocenters. The number of hydrogen-bond donors (Lipinski definition) is 2. The molecule has 0 fully saturated rings. The largest absolute Gasteiger partial charge is 0.487 e. The number of ether oxygens (including phenoxy) is 1. The minimum atomic E-state index is -0.380. The Labute approximate surface area is 142 Å². The molecule has 3 rings (SSSR count). The number of aromatic amines is 1. The van der Waals surface area contributed by atoms with Crippen LogP contribution in [0.25, 0.3) is 0 Å². The van der Waals surface area contributed by atoms with Gasteiger partial charge in [-0.15, -0.1) is 0 Å². The maximum absolute atomic E-state index is 13.1. The highest BCUT2D eigenvalue weighted by Crippen LogP contribution is 2.13. The number of carbonyl (C=O) groups is 1. The number of hydrogen-bond acceptors (Lipinski definition) is 6. The minimum Gasteiger partial charge on any atom is -0.487 e. The summed E-state index contributed by atoms with van der Waals surface area (Å²) in [7, 11) is 0. The van der Waals surface area contributed by atoms with Gasteiger partial charge in [0, 0.05) is 12.5 Å². The average Bonchev–Trinajstić information content (AvgIpc) is 3.27. The number of nitrogens with one attached hydrogen (secondary N) is 2. The fourth-order valence-electron chi connectivity index (χ4n) is 2.03. The zero-order valence-corrected chi connectivity index (χ0v) is 13.5. The van der Waals surface area contributed by atoms with Gasteiger partial charge >= 0.3 is 0 Å². The van der Waals surface area contributed by atoms with Gasteiger partial charge in [0.2, 0.25) is 5.89 Å². The number of halogens is 1. The third-order valence-corrected chi connectivity index (χ3v) is 3.27. The molecule has 0 aliphatic heterocycles. The Bertz CT molecular complexity index is 861. The Hall–Kier alpha value is -3.23. The van der Waals surface area contributed by atoms with Crippen LogP contribution in [0.4, 0.5) is 4.39 Å². The molecule has 1 aromatic carbocycles. The molecule has 1 amide bonds. The molecule has 2 aromatic heterocycles. The lowest BCUT2D eigenvalue weighted by Gasteiger charge is -2.03. The lowest BCUT2D eigenvalue weighted by atomic mass is 10.3. The van der Waals surface area contributed by atoms with Crippen molar-refractivity contribution in [3.05, 3.63) is 59.3 Å². The van der Waals surface area contributed by atoms with Gasteiger partial charge in [0.15, 0.2) is 5.82 Å². The second-order valence-corrected chi connectivity index (χ2v) is 5.17. The van der Waals surface area contributed by atoms with Crippen LogP contribution in [0, 0.1) is 5.82 Å². The van der Waals surface area contributed by atoms with E-state index in [1.807, 2.05) is 6.92 Å². The number of rotatable bonds is 7. The van der Waals surface area contributed by atoms with Crippen molar-refractivity contribution in [3.8, 4) is 5.75 Å². The number of H-pyrrole nitrogens is 1. The molecule has 130 valence electrons. The highest BCUT2D eigenvalue weighted by Gasteiger charge is 2.12. The summed E-state index contributed by atoms with van der Waals surface area (Å²) in [6.07, 6.45) is 0.634. The van der Waals surface area contributed by atoms with Gasteiger partial charge < -0.3 is 14.6 Å². The summed E-state index contributed by atoms with van der Waals surface area (Å²) in [5.74, 6) is 0.548. The molecular weight excluding hydrogens is 329 g/mol. The van der Waals surface area contributed by atoms with Crippen molar-refractivity contribution < 1.29 is 18.4 Å². The standard InChI is InChI=1S/C16H16FN5O3/c1-2-15-19-14(22-25-15)8-18-16(23)13-7-11(20-21-13)9-24-12-5-3-4-10(17)6-12/h3-7H,2,8-9H2,1H3,(H,18,23)(H,20,21). The van der Waals surface area contributed by atoms with E-state index in [4.69, 9.17) is 9.26 Å². The van der Waals surface area contributed by atoms with Crippen LogP contribution in [-0.2, 0) is 19.6 Å². The number of benzene rings is 1. The van der Waals surface area contributed by atoms with Crippen LogP contribution in [0.1, 0.15) is 34.8 Å². The van der Waals surface area contributed by atoms with Gasteiger partial charge in [-0.25, -0.2) is 4.39 Å². The van der Waals surface area contributed by atoms with E-state index in [0.717, 1.165) is 0 Å². The molecule has 0 atom stereocenters. The summed E-state index contributed by atoms with van der Waals surface area (Å²) in [6.45, 7) is 2.17. The molecule has 25 heavy (non-hydrogen) atoms. The quantitative estimate of drug-likeness (QED) is 0.678. The van der Waals surface area contributed by atoms with Crippen molar-refractivity contribution >= 4 is 5.91 Å². The van der Waals surface area contributed by atoms with E-state index in [2.05, 4.69) is 25.7 Å². The van der Waals surface area contributed by atoms with Gasteiger partial charge in [-0.05, 0) is 18.2 Å². The van der Waals surface area contributed by atoms with Crippen molar-refractivity contribution in [1.82, 2.24) is 25.7 Å². The van der Waals surface area contributed by atoms with Crippen molar-refractivity contribution in [2.45, 2.75) is 26.5 Å². The zero-order chi connectivity index (χ0) is 17.6. The molecular formula is C16H16FN5O3. The van der Waals surface area contributed by atoms with Gasteiger partial charge in [0.05, 0.1) is 12.2 Å². The third kappa shape index (κ3) is 4.40. The maximum atomic E-state index is 13.1.